The van der Waals surface area contributed by atoms with E-state index in [0.29, 0.717) is 12.5 Å². The second-order valence-electron chi connectivity index (χ2n) is 6.88. The van der Waals surface area contributed by atoms with Gasteiger partial charge in [0.05, 0.1) is 23.4 Å². The predicted octanol–water partition coefficient (Wildman–Crippen LogP) is 3.25. The summed E-state index contributed by atoms with van der Waals surface area (Å²) >= 11 is 0. The van der Waals surface area contributed by atoms with Crippen LogP contribution in [0, 0.1) is 0 Å². The molecule has 2 aliphatic carbocycles. The molecular formula is C17H28N2O2. The fraction of sp³-hybridized carbons (Fsp3) is 0.824. The van der Waals surface area contributed by atoms with E-state index in [2.05, 4.69) is 22.0 Å². The molecule has 0 amide bonds. The molecule has 0 radical (unpaired) electrons. The molecule has 4 heteroatoms. The number of aromatic nitrogens is 2. The van der Waals surface area contributed by atoms with Crippen molar-refractivity contribution in [1.29, 1.82) is 0 Å². The standard InChI is InChI=1S/C17H28N2O2/c1-21-17(9-5-10-17)13-16(20)12-14-8-11-19(18-14)15-6-3-2-4-7-15/h8,11,15-16,20H,2-7,9-10,12-13H2,1H3. The number of nitrogens with zero attached hydrogens (tertiary/aromatic N) is 2. The molecule has 2 aliphatic rings. The highest BCUT2D eigenvalue weighted by atomic mass is 16.5. The molecule has 1 N–H and O–H groups in total. The Labute approximate surface area is 127 Å². The first-order valence-electron chi connectivity index (χ1n) is 8.48. The van der Waals surface area contributed by atoms with Gasteiger partial charge in [0.15, 0.2) is 0 Å². The Morgan fingerprint density at radius 2 is 2.10 bits per heavy atom. The maximum atomic E-state index is 10.3. The Morgan fingerprint density at radius 3 is 2.71 bits per heavy atom. The molecule has 118 valence electrons. The van der Waals surface area contributed by atoms with Crippen molar-refractivity contribution in [2.75, 3.05) is 7.11 Å². The van der Waals surface area contributed by atoms with E-state index < -0.39 is 0 Å². The van der Waals surface area contributed by atoms with E-state index in [1.54, 1.807) is 7.11 Å². The fourth-order valence-corrected chi connectivity index (χ4v) is 3.84. The molecular weight excluding hydrogens is 264 g/mol. The van der Waals surface area contributed by atoms with Crippen molar-refractivity contribution in [3.05, 3.63) is 18.0 Å². The molecule has 1 aromatic heterocycles. The third kappa shape index (κ3) is 3.49. The lowest BCUT2D eigenvalue weighted by Crippen LogP contribution is -2.42. The van der Waals surface area contributed by atoms with Crippen LogP contribution in [0.1, 0.15) is 69.5 Å². The van der Waals surface area contributed by atoms with Gasteiger partial charge in [-0.3, -0.25) is 4.68 Å². The third-order valence-corrected chi connectivity index (χ3v) is 5.36. The fourth-order valence-electron chi connectivity index (χ4n) is 3.84. The van der Waals surface area contributed by atoms with Gasteiger partial charge in [-0.2, -0.15) is 5.10 Å². The Morgan fingerprint density at radius 1 is 1.33 bits per heavy atom. The molecule has 0 aliphatic heterocycles. The topological polar surface area (TPSA) is 47.3 Å². The Kier molecular flexibility index (Phi) is 4.65. The van der Waals surface area contributed by atoms with Crippen LogP contribution >= 0.6 is 0 Å². The van der Waals surface area contributed by atoms with Crippen LogP contribution in [0.2, 0.25) is 0 Å². The van der Waals surface area contributed by atoms with Gasteiger partial charge in [0.1, 0.15) is 0 Å². The predicted molar refractivity (Wildman–Crippen MR) is 82.3 cm³/mol. The molecule has 2 saturated carbocycles. The number of rotatable bonds is 6. The second-order valence-corrected chi connectivity index (χ2v) is 6.88. The summed E-state index contributed by atoms with van der Waals surface area (Å²) in [4.78, 5) is 0. The minimum Gasteiger partial charge on any atom is -0.393 e. The molecule has 0 saturated heterocycles. The molecule has 4 nitrogen and oxygen atoms in total. The minimum absolute atomic E-state index is 0.0641. The molecule has 2 fully saturated rings. The number of aliphatic hydroxyl groups is 1. The molecule has 1 atom stereocenters. The monoisotopic (exact) mass is 292 g/mol. The average Bonchev–Trinajstić information content (AvgIpc) is 2.92. The Balaban J connectivity index is 1.54. The summed E-state index contributed by atoms with van der Waals surface area (Å²) in [6.07, 6.45) is 13.0. The Hall–Kier alpha value is -0.870. The van der Waals surface area contributed by atoms with Crippen molar-refractivity contribution in [2.45, 2.75) is 82.0 Å². The molecule has 0 bridgehead atoms. The van der Waals surface area contributed by atoms with Crippen LogP contribution in [0.5, 0.6) is 0 Å². The van der Waals surface area contributed by atoms with Crippen LogP contribution in [0.25, 0.3) is 0 Å². The quantitative estimate of drug-likeness (QED) is 0.875. The molecule has 0 aromatic carbocycles. The summed E-state index contributed by atoms with van der Waals surface area (Å²) in [5.41, 5.74) is 0.949. The van der Waals surface area contributed by atoms with Gasteiger partial charge in [-0.05, 0) is 38.2 Å². The van der Waals surface area contributed by atoms with E-state index in [0.717, 1.165) is 25.0 Å². The van der Waals surface area contributed by atoms with Crippen LogP contribution in [-0.4, -0.2) is 33.7 Å². The zero-order chi connectivity index (χ0) is 14.7. The number of methoxy groups -OCH3 is 1. The number of hydrogen-bond donors (Lipinski definition) is 1. The lowest BCUT2D eigenvalue weighted by Gasteiger charge is -2.41. The summed E-state index contributed by atoms with van der Waals surface area (Å²) < 4.78 is 7.72. The van der Waals surface area contributed by atoms with Crippen molar-refractivity contribution in [3.63, 3.8) is 0 Å². The van der Waals surface area contributed by atoms with Crippen LogP contribution in [-0.2, 0) is 11.2 Å². The summed E-state index contributed by atoms with van der Waals surface area (Å²) in [5, 5.41) is 15.0. The van der Waals surface area contributed by atoms with Gasteiger partial charge in [-0.15, -0.1) is 0 Å². The minimum atomic E-state index is -0.347. The van der Waals surface area contributed by atoms with Crippen molar-refractivity contribution >= 4 is 0 Å². The summed E-state index contributed by atoms with van der Waals surface area (Å²) in [7, 11) is 1.77. The first kappa shape index (κ1) is 15.0. The molecule has 0 spiro atoms. The van der Waals surface area contributed by atoms with Crippen molar-refractivity contribution < 1.29 is 9.84 Å². The van der Waals surface area contributed by atoms with Gasteiger partial charge in [-0.1, -0.05) is 19.3 Å². The molecule has 21 heavy (non-hydrogen) atoms. The number of ether oxygens (including phenoxy) is 1. The zero-order valence-electron chi connectivity index (χ0n) is 13.1. The third-order valence-electron chi connectivity index (χ3n) is 5.36. The maximum absolute atomic E-state index is 10.3. The average molecular weight is 292 g/mol. The van der Waals surface area contributed by atoms with Gasteiger partial charge in [-0.25, -0.2) is 0 Å². The van der Waals surface area contributed by atoms with E-state index in [9.17, 15) is 5.11 Å². The largest absolute Gasteiger partial charge is 0.393 e. The number of aliphatic hydroxyl groups excluding tert-OH is 1. The second kappa shape index (κ2) is 6.49. The lowest BCUT2D eigenvalue weighted by molar-refractivity contribution is -0.0990. The van der Waals surface area contributed by atoms with E-state index in [-0.39, 0.29) is 11.7 Å². The SMILES string of the molecule is COC1(CC(O)Cc2ccn(C3CCCCC3)n2)CCC1. The van der Waals surface area contributed by atoms with Crippen LogP contribution in [0.3, 0.4) is 0 Å². The highest BCUT2D eigenvalue weighted by Gasteiger charge is 2.38. The van der Waals surface area contributed by atoms with Crippen molar-refractivity contribution in [1.82, 2.24) is 9.78 Å². The van der Waals surface area contributed by atoms with Crippen molar-refractivity contribution in [3.8, 4) is 0 Å². The van der Waals surface area contributed by atoms with Crippen LogP contribution in [0.15, 0.2) is 12.3 Å². The number of hydrogen-bond acceptors (Lipinski definition) is 3. The van der Waals surface area contributed by atoms with E-state index in [1.165, 1.54) is 38.5 Å². The molecule has 1 aromatic rings. The molecule has 3 rings (SSSR count). The van der Waals surface area contributed by atoms with Crippen LogP contribution < -0.4 is 0 Å². The van der Waals surface area contributed by atoms with Gasteiger partial charge < -0.3 is 9.84 Å². The van der Waals surface area contributed by atoms with E-state index >= 15 is 0 Å². The highest BCUT2D eigenvalue weighted by molar-refractivity contribution is 5.03. The highest BCUT2D eigenvalue weighted by Crippen LogP contribution is 2.39. The summed E-state index contributed by atoms with van der Waals surface area (Å²) in [6.45, 7) is 0. The lowest BCUT2D eigenvalue weighted by atomic mass is 9.75. The van der Waals surface area contributed by atoms with Gasteiger partial charge in [0.2, 0.25) is 0 Å². The van der Waals surface area contributed by atoms with E-state index in [1.807, 2.05) is 0 Å². The van der Waals surface area contributed by atoms with Gasteiger partial charge in [0.25, 0.3) is 0 Å². The van der Waals surface area contributed by atoms with Crippen LogP contribution in [0.4, 0.5) is 0 Å². The van der Waals surface area contributed by atoms with E-state index in [4.69, 9.17) is 4.74 Å². The smallest absolute Gasteiger partial charge is 0.0703 e. The molecule has 1 heterocycles. The first-order valence-corrected chi connectivity index (χ1v) is 8.48. The van der Waals surface area contributed by atoms with Gasteiger partial charge >= 0.3 is 0 Å². The van der Waals surface area contributed by atoms with Crippen molar-refractivity contribution in [2.24, 2.45) is 0 Å². The maximum Gasteiger partial charge on any atom is 0.0703 e. The summed E-state index contributed by atoms with van der Waals surface area (Å²) in [6, 6.07) is 2.64. The molecule has 1 unspecified atom stereocenters. The Bertz CT molecular complexity index is 442. The van der Waals surface area contributed by atoms with Gasteiger partial charge in [0, 0.05) is 26.1 Å². The normalized spacial score (nSPS) is 23.7. The summed E-state index contributed by atoms with van der Waals surface area (Å²) in [5.74, 6) is 0. The zero-order valence-corrected chi connectivity index (χ0v) is 13.1. The first-order chi connectivity index (χ1) is 10.2.